The van der Waals surface area contributed by atoms with E-state index in [-0.39, 0.29) is 17.7 Å². The molecule has 0 radical (unpaired) electrons. The number of anilines is 2. The van der Waals surface area contributed by atoms with Crippen molar-refractivity contribution in [2.24, 2.45) is 5.92 Å². The number of aromatic nitrogens is 2. The molecule has 2 aliphatic heterocycles. The lowest BCUT2D eigenvalue weighted by Gasteiger charge is -2.35. The third-order valence-corrected chi connectivity index (χ3v) is 5.80. The highest BCUT2D eigenvalue weighted by Gasteiger charge is 2.38. The van der Waals surface area contributed by atoms with E-state index in [4.69, 9.17) is 4.74 Å². The number of likely N-dealkylation sites (tertiary alicyclic amines) is 1. The number of nitrogens with one attached hydrogen (secondary N) is 1. The molecule has 8 nitrogen and oxygen atoms in total. The fraction of sp³-hybridized carbons (Fsp3) is 0.455. The molecule has 1 aromatic carbocycles. The second kappa shape index (κ2) is 9.11. The van der Waals surface area contributed by atoms with Gasteiger partial charge in [0.15, 0.2) is 0 Å². The third-order valence-electron chi connectivity index (χ3n) is 5.80. The number of nitrogens with zero attached hydrogens (tertiary/aromatic N) is 4. The molecule has 2 aliphatic rings. The van der Waals surface area contributed by atoms with Crippen molar-refractivity contribution in [1.29, 1.82) is 0 Å². The van der Waals surface area contributed by atoms with E-state index in [1.54, 1.807) is 54.7 Å². The number of methoxy groups -OCH3 is 1. The van der Waals surface area contributed by atoms with Gasteiger partial charge in [0.2, 0.25) is 17.8 Å². The molecule has 30 heavy (non-hydrogen) atoms. The highest BCUT2D eigenvalue weighted by atomic mass is 16.5. The van der Waals surface area contributed by atoms with Gasteiger partial charge in [-0.1, -0.05) is 0 Å². The van der Waals surface area contributed by atoms with Crippen LogP contribution in [0.25, 0.3) is 0 Å². The quantitative estimate of drug-likeness (QED) is 0.816. The molecule has 158 valence electrons. The number of piperidine rings is 1. The molecule has 8 heteroatoms. The zero-order valence-corrected chi connectivity index (χ0v) is 17.2. The van der Waals surface area contributed by atoms with E-state index in [2.05, 4.69) is 20.2 Å². The molecule has 2 saturated heterocycles. The number of carbonyl (C=O) groups is 2. The van der Waals surface area contributed by atoms with E-state index in [0.29, 0.717) is 31.1 Å². The van der Waals surface area contributed by atoms with Crippen LogP contribution in [0.2, 0.25) is 0 Å². The first-order valence-electron chi connectivity index (χ1n) is 10.4. The van der Waals surface area contributed by atoms with E-state index in [9.17, 15) is 9.59 Å². The maximum absolute atomic E-state index is 13.3. The molecule has 0 aliphatic carbocycles. The van der Waals surface area contributed by atoms with Crippen molar-refractivity contribution < 1.29 is 14.3 Å². The monoisotopic (exact) mass is 409 g/mol. The Kier molecular flexibility index (Phi) is 6.11. The van der Waals surface area contributed by atoms with Crippen LogP contribution < -0.4 is 15.0 Å². The van der Waals surface area contributed by atoms with Gasteiger partial charge >= 0.3 is 0 Å². The Hall–Kier alpha value is -3.16. The first kappa shape index (κ1) is 20.1. The zero-order valence-electron chi connectivity index (χ0n) is 17.2. The van der Waals surface area contributed by atoms with Gasteiger partial charge in [-0.15, -0.1) is 0 Å². The van der Waals surface area contributed by atoms with Gasteiger partial charge in [0.05, 0.1) is 13.0 Å². The summed E-state index contributed by atoms with van der Waals surface area (Å²) in [6.07, 6.45) is 6.69. The number of hydrogen-bond donors (Lipinski definition) is 1. The summed E-state index contributed by atoms with van der Waals surface area (Å²) in [4.78, 5) is 38.6. The van der Waals surface area contributed by atoms with Gasteiger partial charge in [-0.05, 0) is 56.0 Å². The number of amides is 2. The van der Waals surface area contributed by atoms with Crippen LogP contribution in [0.15, 0.2) is 42.7 Å². The average molecular weight is 409 g/mol. The molecule has 0 bridgehead atoms. The van der Waals surface area contributed by atoms with Gasteiger partial charge in [0.25, 0.3) is 0 Å². The Morgan fingerprint density at radius 3 is 2.53 bits per heavy atom. The molecule has 2 unspecified atom stereocenters. The smallest absolute Gasteiger partial charge is 0.247 e. The first-order chi connectivity index (χ1) is 14.7. The van der Waals surface area contributed by atoms with Gasteiger partial charge < -0.3 is 19.9 Å². The highest BCUT2D eigenvalue weighted by molar-refractivity contribution is 5.98. The van der Waals surface area contributed by atoms with E-state index >= 15 is 0 Å². The zero-order chi connectivity index (χ0) is 20.9. The number of rotatable bonds is 5. The summed E-state index contributed by atoms with van der Waals surface area (Å²) in [6.45, 7) is 2.05. The van der Waals surface area contributed by atoms with Gasteiger partial charge in [-0.3, -0.25) is 9.59 Å². The van der Waals surface area contributed by atoms with Crippen molar-refractivity contribution in [3.05, 3.63) is 42.7 Å². The molecule has 2 fully saturated rings. The fourth-order valence-electron chi connectivity index (χ4n) is 4.25. The van der Waals surface area contributed by atoms with E-state index in [0.717, 1.165) is 31.6 Å². The van der Waals surface area contributed by atoms with Crippen LogP contribution in [0.1, 0.15) is 25.7 Å². The average Bonchev–Trinajstić information content (AvgIpc) is 3.30. The van der Waals surface area contributed by atoms with Gasteiger partial charge in [-0.25, -0.2) is 9.97 Å². The molecule has 3 heterocycles. The minimum atomic E-state index is -0.428. The van der Waals surface area contributed by atoms with Crippen LogP contribution in [0.5, 0.6) is 5.75 Å². The first-order valence-corrected chi connectivity index (χ1v) is 10.4. The number of ether oxygens (including phenoxy) is 1. The highest BCUT2D eigenvalue weighted by Crippen LogP contribution is 2.27. The third kappa shape index (κ3) is 4.37. The summed E-state index contributed by atoms with van der Waals surface area (Å²) in [6, 6.07) is 8.56. The Balaban J connectivity index is 1.40. The Morgan fingerprint density at radius 2 is 1.80 bits per heavy atom. The standard InChI is InChI=1S/C22H27N5O3/c1-30-18-9-7-17(8-10-18)25-20(28)19-6-3-14-27(19)21(29)16-5-2-13-26(15-16)22-23-11-4-12-24-22/h4,7-12,16,19H,2-3,5-6,13-15H2,1H3,(H,25,28). The molecule has 2 aromatic rings. The molecule has 4 rings (SSSR count). The van der Waals surface area contributed by atoms with Crippen molar-refractivity contribution in [2.75, 3.05) is 37.0 Å². The van der Waals surface area contributed by atoms with Gasteiger partial charge in [-0.2, -0.15) is 0 Å². The van der Waals surface area contributed by atoms with Crippen molar-refractivity contribution in [2.45, 2.75) is 31.7 Å². The van der Waals surface area contributed by atoms with Crippen LogP contribution in [0, 0.1) is 5.92 Å². The summed E-state index contributed by atoms with van der Waals surface area (Å²) >= 11 is 0. The van der Waals surface area contributed by atoms with Crippen LogP contribution in [-0.2, 0) is 9.59 Å². The van der Waals surface area contributed by atoms with Crippen molar-refractivity contribution in [3.8, 4) is 5.75 Å². The van der Waals surface area contributed by atoms with E-state index in [1.165, 1.54) is 0 Å². The lowest BCUT2D eigenvalue weighted by molar-refractivity contribution is -0.140. The Morgan fingerprint density at radius 1 is 1.07 bits per heavy atom. The topological polar surface area (TPSA) is 87.7 Å². The predicted octanol–water partition coefficient (Wildman–Crippen LogP) is 2.33. The molecule has 2 amide bonds. The second-order valence-corrected chi connectivity index (χ2v) is 7.74. The number of hydrogen-bond acceptors (Lipinski definition) is 6. The van der Waals surface area contributed by atoms with E-state index in [1.807, 2.05) is 0 Å². The largest absolute Gasteiger partial charge is 0.497 e. The second-order valence-electron chi connectivity index (χ2n) is 7.74. The molecule has 2 atom stereocenters. The summed E-state index contributed by atoms with van der Waals surface area (Å²) < 4.78 is 5.15. The normalized spacial score (nSPS) is 21.4. The predicted molar refractivity (Wildman–Crippen MR) is 113 cm³/mol. The SMILES string of the molecule is COc1ccc(NC(=O)C2CCCN2C(=O)C2CCCN(c3ncccn3)C2)cc1. The molecular formula is C22H27N5O3. The number of carbonyl (C=O) groups excluding carboxylic acids is 2. The number of benzene rings is 1. The van der Waals surface area contributed by atoms with Crippen LogP contribution in [0.4, 0.5) is 11.6 Å². The van der Waals surface area contributed by atoms with Crippen LogP contribution in [0.3, 0.4) is 0 Å². The molecule has 0 saturated carbocycles. The molecular weight excluding hydrogens is 382 g/mol. The van der Waals surface area contributed by atoms with Crippen molar-refractivity contribution in [3.63, 3.8) is 0 Å². The summed E-state index contributed by atoms with van der Waals surface area (Å²) in [7, 11) is 1.60. The van der Waals surface area contributed by atoms with Crippen molar-refractivity contribution in [1.82, 2.24) is 14.9 Å². The molecule has 0 spiro atoms. The van der Waals surface area contributed by atoms with Gasteiger partial charge in [0, 0.05) is 37.7 Å². The summed E-state index contributed by atoms with van der Waals surface area (Å²) in [5.74, 6) is 1.17. The van der Waals surface area contributed by atoms with Crippen LogP contribution in [-0.4, -0.2) is 59.5 Å². The maximum Gasteiger partial charge on any atom is 0.247 e. The fourth-order valence-corrected chi connectivity index (χ4v) is 4.25. The minimum absolute atomic E-state index is 0.0583. The molecule has 1 N–H and O–H groups in total. The summed E-state index contributed by atoms with van der Waals surface area (Å²) in [5, 5.41) is 2.94. The van der Waals surface area contributed by atoms with Crippen LogP contribution >= 0.6 is 0 Å². The lowest BCUT2D eigenvalue weighted by atomic mass is 9.96. The Labute approximate surface area is 176 Å². The Bertz CT molecular complexity index is 874. The lowest BCUT2D eigenvalue weighted by Crippen LogP contribution is -2.49. The maximum atomic E-state index is 13.3. The van der Waals surface area contributed by atoms with Gasteiger partial charge in [0.1, 0.15) is 11.8 Å². The van der Waals surface area contributed by atoms with Crippen molar-refractivity contribution >= 4 is 23.5 Å². The van der Waals surface area contributed by atoms with E-state index < -0.39 is 6.04 Å². The summed E-state index contributed by atoms with van der Waals surface area (Å²) in [5.41, 5.74) is 0.699. The molecule has 1 aromatic heterocycles. The minimum Gasteiger partial charge on any atom is -0.497 e.